The molecule has 2 aromatic carbocycles. The summed E-state index contributed by atoms with van der Waals surface area (Å²) in [5.41, 5.74) is 1.24. The fourth-order valence-electron chi connectivity index (χ4n) is 3.95. The largest absolute Gasteiger partial charge is 0.504 e. The molecule has 14 heteroatoms. The van der Waals surface area contributed by atoms with Crippen molar-refractivity contribution in [2.75, 3.05) is 11.4 Å². The first-order valence-electron chi connectivity index (χ1n) is 11.7. The lowest BCUT2D eigenvalue weighted by molar-refractivity contribution is -0.384. The maximum absolute atomic E-state index is 13.0. The van der Waals surface area contributed by atoms with E-state index in [1.54, 1.807) is 36.0 Å². The van der Waals surface area contributed by atoms with E-state index in [9.17, 15) is 32.9 Å². The molecule has 0 saturated heterocycles. The van der Waals surface area contributed by atoms with Gasteiger partial charge >= 0.3 is 6.30 Å². The van der Waals surface area contributed by atoms with Crippen LogP contribution in [0.4, 0.5) is 24.7 Å². The van der Waals surface area contributed by atoms with Crippen LogP contribution in [0.5, 0.6) is 0 Å². The summed E-state index contributed by atoms with van der Waals surface area (Å²) in [5, 5.41) is 20.1. The average Bonchev–Trinajstić information content (AvgIpc) is 3.59. The van der Waals surface area contributed by atoms with Gasteiger partial charge in [-0.3, -0.25) is 24.6 Å². The molecule has 2 amide bonds. The summed E-state index contributed by atoms with van der Waals surface area (Å²) < 4.78 is 39.5. The highest BCUT2D eigenvalue weighted by Gasteiger charge is 2.37. The molecular weight excluding hydrogens is 519 g/mol. The lowest BCUT2D eigenvalue weighted by atomic mass is 10.0. The summed E-state index contributed by atoms with van der Waals surface area (Å²) in [5.74, 6) is -0.613. The lowest BCUT2D eigenvalue weighted by Gasteiger charge is -2.32. The molecule has 11 nitrogen and oxygen atoms in total. The molecule has 0 bridgehead atoms. The third kappa shape index (κ3) is 5.95. The number of fused-ring (bicyclic) bond motifs is 1. The minimum Gasteiger partial charge on any atom is -0.338 e. The van der Waals surface area contributed by atoms with Crippen LogP contribution in [0.3, 0.4) is 0 Å². The van der Waals surface area contributed by atoms with Gasteiger partial charge in [0.25, 0.3) is 17.5 Å². The molecule has 4 aromatic rings. The third-order valence-corrected chi connectivity index (χ3v) is 5.73. The molecule has 0 aliphatic carbocycles. The number of hydrogen-bond donors (Lipinski definition) is 1. The third-order valence-electron chi connectivity index (χ3n) is 5.73. The standard InChI is InChI=1S/C19H17F3N6O2.C6H5NO2/c1-2-26-17-12(11-23-28(17)13-6-4-3-5-7-13)10-15(18(26)30)24-16(29)14-8-9-27(25-14)19(20,21)22;8-7(9)6-4-2-1-3-5-6/h3-9,11,15H,2,10H2,1H3,(H,24,29);1-5H. The van der Waals surface area contributed by atoms with Gasteiger partial charge in [-0.05, 0) is 25.1 Å². The van der Waals surface area contributed by atoms with E-state index in [-0.39, 0.29) is 22.7 Å². The van der Waals surface area contributed by atoms with Crippen molar-refractivity contribution in [3.63, 3.8) is 0 Å². The lowest BCUT2D eigenvalue weighted by Crippen LogP contribution is -2.53. The number of rotatable bonds is 5. The Morgan fingerprint density at radius 3 is 2.28 bits per heavy atom. The average molecular weight is 541 g/mol. The van der Waals surface area contributed by atoms with Crippen molar-refractivity contribution in [1.29, 1.82) is 0 Å². The van der Waals surface area contributed by atoms with Gasteiger partial charge in [0.1, 0.15) is 17.6 Å². The number of nitro groups is 1. The topological polar surface area (TPSA) is 128 Å². The Kier molecular flexibility index (Phi) is 7.74. The van der Waals surface area contributed by atoms with E-state index in [4.69, 9.17) is 0 Å². The van der Waals surface area contributed by atoms with Crippen LogP contribution in [0.1, 0.15) is 23.0 Å². The molecule has 39 heavy (non-hydrogen) atoms. The van der Waals surface area contributed by atoms with Crippen molar-refractivity contribution in [1.82, 2.24) is 24.9 Å². The van der Waals surface area contributed by atoms with Crippen LogP contribution >= 0.6 is 0 Å². The number of carbonyl (C=O) groups is 2. The normalized spacial score (nSPS) is 14.7. The van der Waals surface area contributed by atoms with E-state index in [0.717, 1.165) is 17.3 Å². The van der Waals surface area contributed by atoms with Crippen LogP contribution in [-0.4, -0.2) is 48.9 Å². The van der Waals surface area contributed by atoms with Gasteiger partial charge in [-0.2, -0.15) is 14.9 Å². The second-order valence-electron chi connectivity index (χ2n) is 8.26. The highest BCUT2D eigenvalue weighted by atomic mass is 19.4. The second-order valence-corrected chi connectivity index (χ2v) is 8.26. The monoisotopic (exact) mass is 541 g/mol. The van der Waals surface area contributed by atoms with E-state index in [0.29, 0.717) is 18.6 Å². The zero-order valence-electron chi connectivity index (χ0n) is 20.4. The van der Waals surface area contributed by atoms with Crippen LogP contribution in [0.15, 0.2) is 79.1 Å². The predicted octanol–water partition coefficient (Wildman–Crippen LogP) is 3.85. The molecule has 5 rings (SSSR count). The summed E-state index contributed by atoms with van der Waals surface area (Å²) in [6.45, 7) is 2.12. The van der Waals surface area contributed by atoms with Gasteiger partial charge in [0.15, 0.2) is 0 Å². The minimum atomic E-state index is -4.72. The van der Waals surface area contributed by atoms with E-state index < -0.39 is 28.9 Å². The van der Waals surface area contributed by atoms with Gasteiger partial charge in [-0.1, -0.05) is 36.4 Å². The molecule has 3 heterocycles. The van der Waals surface area contributed by atoms with Gasteiger partial charge in [0.05, 0.1) is 16.8 Å². The highest BCUT2D eigenvalue weighted by molar-refractivity contribution is 6.03. The number of likely N-dealkylation sites (N-methyl/N-ethyl adjacent to an activating group) is 1. The van der Waals surface area contributed by atoms with Gasteiger partial charge < -0.3 is 5.32 Å². The van der Waals surface area contributed by atoms with Gasteiger partial charge in [-0.25, -0.2) is 4.68 Å². The Balaban J connectivity index is 0.000000333. The van der Waals surface area contributed by atoms with Crippen LogP contribution in [-0.2, 0) is 17.5 Å². The molecule has 0 spiro atoms. The number of alkyl halides is 3. The molecule has 1 aliphatic rings. The number of carbonyl (C=O) groups excluding carboxylic acids is 2. The zero-order chi connectivity index (χ0) is 28.2. The number of nitrogens with one attached hydrogen (secondary N) is 1. The number of amides is 2. The fraction of sp³-hybridized carbons (Fsp3) is 0.200. The van der Waals surface area contributed by atoms with Gasteiger partial charge in [-0.15, -0.1) is 13.2 Å². The van der Waals surface area contributed by atoms with Crippen molar-refractivity contribution in [2.24, 2.45) is 0 Å². The number of anilines is 1. The number of hydrogen-bond acceptors (Lipinski definition) is 6. The Labute approximate surface area is 219 Å². The molecule has 0 radical (unpaired) electrons. The molecule has 0 fully saturated rings. The molecule has 202 valence electrons. The van der Waals surface area contributed by atoms with Gasteiger partial charge in [0.2, 0.25) is 0 Å². The van der Waals surface area contributed by atoms with Crippen LogP contribution in [0, 0.1) is 10.1 Å². The Hall–Kier alpha value is -5.01. The van der Waals surface area contributed by atoms with E-state index in [2.05, 4.69) is 15.5 Å². The quantitative estimate of drug-likeness (QED) is 0.302. The summed E-state index contributed by atoms with van der Waals surface area (Å²) in [7, 11) is 0. The van der Waals surface area contributed by atoms with Crippen LogP contribution < -0.4 is 10.2 Å². The summed E-state index contributed by atoms with van der Waals surface area (Å²) in [6.07, 6.45) is -2.28. The first-order chi connectivity index (χ1) is 18.6. The first kappa shape index (κ1) is 27.0. The molecule has 1 aliphatic heterocycles. The van der Waals surface area contributed by atoms with E-state index in [1.165, 1.54) is 17.0 Å². The number of nitrogens with zero attached hydrogens (tertiary/aromatic N) is 6. The van der Waals surface area contributed by atoms with Crippen molar-refractivity contribution < 1.29 is 27.7 Å². The van der Waals surface area contributed by atoms with Crippen molar-refractivity contribution in [2.45, 2.75) is 25.7 Å². The number of benzene rings is 2. The zero-order valence-corrected chi connectivity index (χ0v) is 20.4. The Bertz CT molecular complexity index is 1470. The van der Waals surface area contributed by atoms with E-state index in [1.807, 2.05) is 30.3 Å². The number of halogens is 3. The first-order valence-corrected chi connectivity index (χ1v) is 11.7. The summed E-state index contributed by atoms with van der Waals surface area (Å²) >= 11 is 0. The molecular formula is C25H22F3N7O4. The molecule has 0 saturated carbocycles. The maximum atomic E-state index is 13.0. The van der Waals surface area contributed by atoms with Crippen molar-refractivity contribution >= 4 is 23.3 Å². The number of non-ortho nitro benzene ring substituents is 1. The van der Waals surface area contributed by atoms with E-state index >= 15 is 0 Å². The van der Waals surface area contributed by atoms with Crippen molar-refractivity contribution in [3.8, 4) is 5.69 Å². The second kappa shape index (κ2) is 11.2. The number of aromatic nitrogens is 4. The fourth-order valence-corrected chi connectivity index (χ4v) is 3.95. The van der Waals surface area contributed by atoms with Crippen molar-refractivity contribution in [3.05, 3.63) is 100 Å². The Morgan fingerprint density at radius 1 is 1.10 bits per heavy atom. The molecule has 1 atom stereocenters. The molecule has 2 aromatic heterocycles. The number of para-hydroxylation sites is 2. The van der Waals surface area contributed by atoms with Gasteiger partial charge in [0, 0.05) is 36.9 Å². The molecule has 1 N–H and O–H groups in total. The smallest absolute Gasteiger partial charge is 0.338 e. The molecule has 1 unspecified atom stereocenters. The van der Waals surface area contributed by atoms with Crippen LogP contribution in [0.2, 0.25) is 0 Å². The maximum Gasteiger partial charge on any atom is 0.504 e. The number of nitro benzene ring substituents is 1. The predicted molar refractivity (Wildman–Crippen MR) is 133 cm³/mol. The summed E-state index contributed by atoms with van der Waals surface area (Å²) in [6, 6.07) is 17.2. The SMILES string of the molecule is CCN1C(=O)C(NC(=O)c2ccn(C(F)(F)F)n2)Cc2cnn(-c3ccccc3)c21.O=[N+]([O-])c1ccccc1. The highest BCUT2D eigenvalue weighted by Crippen LogP contribution is 2.30. The van der Waals surface area contributed by atoms with Crippen LogP contribution in [0.25, 0.3) is 5.69 Å². The minimum absolute atomic E-state index is 0.137. The Morgan fingerprint density at radius 2 is 1.74 bits per heavy atom. The summed E-state index contributed by atoms with van der Waals surface area (Å²) in [4.78, 5) is 36.5.